The summed E-state index contributed by atoms with van der Waals surface area (Å²) in [5, 5.41) is 8.70. The van der Waals surface area contributed by atoms with E-state index in [0.29, 0.717) is 10.0 Å². The van der Waals surface area contributed by atoms with Gasteiger partial charge in [0.25, 0.3) is 10.0 Å². The minimum Gasteiger partial charge on any atom is -0.353 e. The van der Waals surface area contributed by atoms with Crippen molar-refractivity contribution in [3.05, 3.63) is 52.9 Å². The number of thiophene rings is 1. The Morgan fingerprint density at radius 2 is 1.69 bits per heavy atom. The quantitative estimate of drug-likeness (QED) is 0.643. The molecule has 10 heteroatoms. The van der Waals surface area contributed by atoms with Gasteiger partial charge in [0, 0.05) is 37.4 Å². The van der Waals surface area contributed by atoms with E-state index in [4.69, 9.17) is 11.6 Å². The smallest absolute Gasteiger partial charge is 0.271 e. The van der Waals surface area contributed by atoms with E-state index in [2.05, 4.69) is 31.8 Å². The van der Waals surface area contributed by atoms with Crippen LogP contribution < -0.4 is 9.62 Å². The van der Waals surface area contributed by atoms with Crippen LogP contribution in [-0.4, -0.2) is 56.7 Å². The summed E-state index contributed by atoms with van der Waals surface area (Å²) in [4.78, 5) is 4.52. The van der Waals surface area contributed by atoms with Crippen LogP contribution in [0.15, 0.2) is 52.7 Å². The van der Waals surface area contributed by atoms with Crippen LogP contribution in [0.2, 0.25) is 4.34 Å². The van der Waals surface area contributed by atoms with Crippen molar-refractivity contribution < 1.29 is 8.42 Å². The highest BCUT2D eigenvalue weighted by Gasteiger charge is 2.17. The molecule has 1 aromatic carbocycles. The molecule has 152 valence electrons. The molecule has 0 saturated carbocycles. The van der Waals surface area contributed by atoms with Crippen LogP contribution in [0.25, 0.3) is 11.3 Å². The number of piperazine rings is 1. The maximum Gasteiger partial charge on any atom is 0.271 e. The first-order chi connectivity index (χ1) is 13.9. The summed E-state index contributed by atoms with van der Waals surface area (Å²) in [5.74, 6) is 0.876. The Morgan fingerprint density at radius 1 is 0.966 bits per heavy atom. The number of hydrogen-bond acceptors (Lipinski definition) is 7. The average Bonchev–Trinajstić information content (AvgIpc) is 3.17. The zero-order chi connectivity index (χ0) is 20.4. The first-order valence-electron chi connectivity index (χ1n) is 9.06. The van der Waals surface area contributed by atoms with Crippen molar-refractivity contribution >= 4 is 44.5 Å². The fourth-order valence-electron chi connectivity index (χ4n) is 3.04. The predicted molar refractivity (Wildman–Crippen MR) is 117 cm³/mol. The first kappa shape index (κ1) is 20.1. The third-order valence-corrected chi connectivity index (χ3v) is 7.83. The Labute approximate surface area is 179 Å². The van der Waals surface area contributed by atoms with Crippen LogP contribution in [0.5, 0.6) is 0 Å². The van der Waals surface area contributed by atoms with Gasteiger partial charge < -0.3 is 9.80 Å². The number of benzene rings is 1. The van der Waals surface area contributed by atoms with E-state index in [-0.39, 0.29) is 4.21 Å². The minimum atomic E-state index is -3.64. The molecule has 3 heterocycles. The molecule has 1 saturated heterocycles. The van der Waals surface area contributed by atoms with Gasteiger partial charge in [-0.15, -0.1) is 21.5 Å². The Kier molecular flexibility index (Phi) is 5.73. The zero-order valence-electron chi connectivity index (χ0n) is 15.7. The summed E-state index contributed by atoms with van der Waals surface area (Å²) >= 11 is 6.85. The largest absolute Gasteiger partial charge is 0.353 e. The highest BCUT2D eigenvalue weighted by molar-refractivity contribution is 7.94. The van der Waals surface area contributed by atoms with Crippen molar-refractivity contribution in [3.63, 3.8) is 0 Å². The molecule has 0 bridgehead atoms. The molecular formula is C19H20ClN5O2S2. The van der Waals surface area contributed by atoms with Gasteiger partial charge in [0.05, 0.1) is 10.0 Å². The van der Waals surface area contributed by atoms with Gasteiger partial charge in [-0.2, -0.15) is 0 Å². The first-order valence-corrected chi connectivity index (χ1v) is 11.7. The van der Waals surface area contributed by atoms with E-state index >= 15 is 0 Å². The van der Waals surface area contributed by atoms with Crippen LogP contribution in [0, 0.1) is 0 Å². The summed E-state index contributed by atoms with van der Waals surface area (Å²) in [6.07, 6.45) is 0. The molecule has 1 aliphatic rings. The van der Waals surface area contributed by atoms with Gasteiger partial charge in [-0.1, -0.05) is 23.7 Å². The Bertz CT molecular complexity index is 1080. The van der Waals surface area contributed by atoms with Crippen molar-refractivity contribution in [2.75, 3.05) is 42.8 Å². The van der Waals surface area contributed by atoms with Crippen LogP contribution in [0.3, 0.4) is 0 Å². The normalized spacial score (nSPS) is 15.4. The lowest BCUT2D eigenvalue weighted by Crippen LogP contribution is -2.44. The number of anilines is 2. The predicted octanol–water partition coefficient (Wildman–Crippen LogP) is 3.41. The van der Waals surface area contributed by atoms with E-state index in [9.17, 15) is 8.42 Å². The molecule has 29 heavy (non-hydrogen) atoms. The van der Waals surface area contributed by atoms with Crippen molar-refractivity contribution in [2.45, 2.75) is 4.21 Å². The lowest BCUT2D eigenvalue weighted by atomic mass is 10.1. The number of halogens is 1. The SMILES string of the molecule is CN1CCN(c2ccc(-c3ccc(NS(=O)(=O)c4ccc(Cl)s4)cc3)nn2)CC1. The molecule has 1 fully saturated rings. The van der Waals surface area contributed by atoms with Gasteiger partial charge in [0.15, 0.2) is 5.82 Å². The van der Waals surface area contributed by atoms with E-state index in [1.807, 2.05) is 24.3 Å². The van der Waals surface area contributed by atoms with Gasteiger partial charge in [0.1, 0.15) is 4.21 Å². The monoisotopic (exact) mass is 449 g/mol. The number of nitrogens with one attached hydrogen (secondary N) is 1. The van der Waals surface area contributed by atoms with E-state index in [1.54, 1.807) is 18.2 Å². The number of aromatic nitrogens is 2. The third kappa shape index (κ3) is 4.69. The maximum absolute atomic E-state index is 12.4. The highest BCUT2D eigenvalue weighted by Crippen LogP contribution is 2.28. The molecule has 0 radical (unpaired) electrons. The zero-order valence-corrected chi connectivity index (χ0v) is 18.1. The van der Waals surface area contributed by atoms with Crippen LogP contribution in [0.4, 0.5) is 11.5 Å². The fourth-order valence-corrected chi connectivity index (χ4v) is 5.58. The van der Waals surface area contributed by atoms with E-state index in [0.717, 1.165) is 54.6 Å². The molecule has 1 aliphatic heterocycles. The van der Waals surface area contributed by atoms with Crippen molar-refractivity contribution in [3.8, 4) is 11.3 Å². The number of sulfonamides is 1. The Morgan fingerprint density at radius 3 is 2.28 bits per heavy atom. The van der Waals surface area contributed by atoms with Gasteiger partial charge in [0.2, 0.25) is 0 Å². The summed E-state index contributed by atoms with van der Waals surface area (Å²) < 4.78 is 27.9. The third-order valence-electron chi connectivity index (χ3n) is 4.72. The molecular weight excluding hydrogens is 430 g/mol. The van der Waals surface area contributed by atoms with Gasteiger partial charge in [-0.3, -0.25) is 4.72 Å². The second-order valence-corrected chi connectivity index (χ2v) is 10.4. The number of nitrogens with zero attached hydrogens (tertiary/aromatic N) is 4. The lowest BCUT2D eigenvalue weighted by molar-refractivity contribution is 0.312. The van der Waals surface area contributed by atoms with Gasteiger partial charge >= 0.3 is 0 Å². The highest BCUT2D eigenvalue weighted by atomic mass is 35.5. The second-order valence-electron chi connectivity index (χ2n) is 6.81. The topological polar surface area (TPSA) is 78.4 Å². The van der Waals surface area contributed by atoms with Gasteiger partial charge in [-0.05, 0) is 43.4 Å². The maximum atomic E-state index is 12.4. The Hall–Kier alpha value is -2.20. The summed E-state index contributed by atoms with van der Waals surface area (Å²) in [6, 6.07) is 14.0. The minimum absolute atomic E-state index is 0.178. The molecule has 7 nitrogen and oxygen atoms in total. The molecule has 2 aromatic heterocycles. The van der Waals surface area contributed by atoms with Crippen LogP contribution in [-0.2, 0) is 10.0 Å². The molecule has 3 aromatic rings. The molecule has 0 spiro atoms. The second kappa shape index (κ2) is 8.27. The van der Waals surface area contributed by atoms with E-state index < -0.39 is 10.0 Å². The average molecular weight is 450 g/mol. The summed E-state index contributed by atoms with van der Waals surface area (Å²) in [7, 11) is -1.53. The van der Waals surface area contributed by atoms with Crippen LogP contribution in [0.1, 0.15) is 0 Å². The lowest BCUT2D eigenvalue weighted by Gasteiger charge is -2.32. The molecule has 1 N–H and O–H groups in total. The molecule has 0 unspecified atom stereocenters. The summed E-state index contributed by atoms with van der Waals surface area (Å²) in [5.41, 5.74) is 2.08. The summed E-state index contributed by atoms with van der Waals surface area (Å²) in [6.45, 7) is 3.90. The molecule has 0 aliphatic carbocycles. The number of hydrogen-bond donors (Lipinski definition) is 1. The number of rotatable bonds is 5. The standard InChI is InChI=1S/C19H20ClN5O2S2/c1-24-10-12-25(13-11-24)18-8-6-16(21-22-18)14-2-4-15(5-3-14)23-29(26,27)19-9-7-17(20)28-19/h2-9,23H,10-13H2,1H3. The van der Waals surface area contributed by atoms with Crippen molar-refractivity contribution in [1.82, 2.24) is 15.1 Å². The Balaban J connectivity index is 1.45. The molecule has 0 amide bonds. The van der Waals surface area contributed by atoms with Crippen molar-refractivity contribution in [2.24, 2.45) is 0 Å². The molecule has 0 atom stereocenters. The molecule has 4 rings (SSSR count). The number of likely N-dealkylation sites (N-methyl/N-ethyl adjacent to an activating group) is 1. The van der Waals surface area contributed by atoms with Gasteiger partial charge in [-0.25, -0.2) is 8.42 Å². The van der Waals surface area contributed by atoms with Crippen LogP contribution >= 0.6 is 22.9 Å². The fraction of sp³-hybridized carbons (Fsp3) is 0.263. The van der Waals surface area contributed by atoms with Crippen molar-refractivity contribution in [1.29, 1.82) is 0 Å². The van der Waals surface area contributed by atoms with E-state index in [1.165, 1.54) is 6.07 Å².